The van der Waals surface area contributed by atoms with Crippen molar-refractivity contribution in [3.8, 4) is 0 Å². The molecule has 2 amide bonds. The van der Waals surface area contributed by atoms with Crippen molar-refractivity contribution >= 4 is 17.5 Å². The molecule has 0 aromatic heterocycles. The van der Waals surface area contributed by atoms with Gasteiger partial charge in [0.05, 0.1) is 12.2 Å². The van der Waals surface area contributed by atoms with E-state index in [2.05, 4.69) is 5.32 Å². The van der Waals surface area contributed by atoms with Gasteiger partial charge < -0.3 is 10.2 Å². The summed E-state index contributed by atoms with van der Waals surface area (Å²) in [6, 6.07) is 6.15. The normalized spacial score (nSPS) is 19.6. The number of benzene rings is 1. The molecule has 2 aliphatic rings. The maximum atomic E-state index is 13.6. The van der Waals surface area contributed by atoms with E-state index in [1.165, 1.54) is 12.5 Å². The molecule has 3 rings (SSSR count). The molecule has 1 saturated heterocycles. The van der Waals surface area contributed by atoms with E-state index >= 15 is 0 Å². The second-order valence-corrected chi connectivity index (χ2v) is 6.96. The molecule has 5 nitrogen and oxygen atoms in total. The number of nitrogens with zero attached hydrogens (tertiary/aromatic N) is 2. The molecule has 2 fully saturated rings. The first-order valence-electron chi connectivity index (χ1n) is 9.19. The van der Waals surface area contributed by atoms with Gasteiger partial charge in [-0.1, -0.05) is 31.4 Å². The molecule has 6 heteroatoms. The molecule has 1 aromatic carbocycles. The molecule has 0 unspecified atom stereocenters. The lowest BCUT2D eigenvalue weighted by Gasteiger charge is -2.36. The number of rotatable bonds is 4. The smallest absolute Gasteiger partial charge is 0.238 e. The second kappa shape index (κ2) is 8.43. The van der Waals surface area contributed by atoms with Crippen LogP contribution in [0.1, 0.15) is 32.1 Å². The Balaban J connectivity index is 1.43. The molecular weight excluding hydrogens is 321 g/mol. The predicted octanol–water partition coefficient (Wildman–Crippen LogP) is 2.49. The summed E-state index contributed by atoms with van der Waals surface area (Å²) in [7, 11) is 0. The molecule has 1 aliphatic heterocycles. The number of carbonyl (C=O) groups is 2. The summed E-state index contributed by atoms with van der Waals surface area (Å²) in [4.78, 5) is 28.6. The minimum atomic E-state index is -0.432. The third kappa shape index (κ3) is 4.78. The zero-order chi connectivity index (χ0) is 17.6. The van der Waals surface area contributed by atoms with Crippen LogP contribution in [0, 0.1) is 11.7 Å². The Morgan fingerprint density at radius 3 is 2.40 bits per heavy atom. The van der Waals surface area contributed by atoms with Gasteiger partial charge in [0.25, 0.3) is 0 Å². The molecule has 0 atom stereocenters. The summed E-state index contributed by atoms with van der Waals surface area (Å²) in [6.45, 7) is 2.93. The van der Waals surface area contributed by atoms with Crippen LogP contribution in [0.2, 0.25) is 0 Å². The summed E-state index contributed by atoms with van der Waals surface area (Å²) in [6.07, 6.45) is 5.60. The number of hydrogen-bond donors (Lipinski definition) is 1. The van der Waals surface area contributed by atoms with Gasteiger partial charge in [-0.15, -0.1) is 0 Å². The molecule has 1 N–H and O–H groups in total. The fraction of sp³-hybridized carbons (Fsp3) is 0.579. The lowest BCUT2D eigenvalue weighted by Crippen LogP contribution is -2.52. The fourth-order valence-corrected chi connectivity index (χ4v) is 3.69. The minimum Gasteiger partial charge on any atom is -0.340 e. The number of nitrogens with one attached hydrogen (secondary N) is 1. The summed E-state index contributed by atoms with van der Waals surface area (Å²) in [5.41, 5.74) is 0.207. The summed E-state index contributed by atoms with van der Waals surface area (Å²) in [5, 5.41) is 2.61. The standard InChI is InChI=1S/C19H26FN3O2/c20-16-8-4-5-9-17(16)21-18(24)14-22-10-12-23(13-11-22)19(25)15-6-2-1-3-7-15/h4-5,8-9,15H,1-3,6-7,10-14H2,(H,21,24). The van der Waals surface area contributed by atoms with Gasteiger partial charge in [-0.2, -0.15) is 0 Å². The van der Waals surface area contributed by atoms with Gasteiger partial charge in [0.15, 0.2) is 0 Å². The number of hydrogen-bond acceptors (Lipinski definition) is 3. The van der Waals surface area contributed by atoms with Crippen molar-refractivity contribution in [3.05, 3.63) is 30.1 Å². The van der Waals surface area contributed by atoms with Gasteiger partial charge in [0.2, 0.25) is 11.8 Å². The van der Waals surface area contributed by atoms with Crippen LogP contribution in [0.25, 0.3) is 0 Å². The van der Waals surface area contributed by atoms with E-state index < -0.39 is 5.82 Å². The molecule has 1 aliphatic carbocycles. The number of carbonyl (C=O) groups excluding carboxylic acids is 2. The van der Waals surface area contributed by atoms with Crippen LogP contribution in [0.4, 0.5) is 10.1 Å². The van der Waals surface area contributed by atoms with Crippen molar-refractivity contribution in [2.45, 2.75) is 32.1 Å². The van der Waals surface area contributed by atoms with Gasteiger partial charge >= 0.3 is 0 Å². The predicted molar refractivity (Wildman–Crippen MR) is 94.6 cm³/mol. The summed E-state index contributed by atoms with van der Waals surface area (Å²) >= 11 is 0. The Bertz CT molecular complexity index is 608. The number of anilines is 1. The number of amides is 2. The van der Waals surface area contributed by atoms with Gasteiger partial charge in [0, 0.05) is 32.1 Å². The van der Waals surface area contributed by atoms with Crippen LogP contribution in [-0.2, 0) is 9.59 Å². The Hall–Kier alpha value is -1.95. The SMILES string of the molecule is O=C(CN1CCN(C(=O)C2CCCCC2)CC1)Nc1ccccc1F. The van der Waals surface area contributed by atoms with E-state index in [-0.39, 0.29) is 30.0 Å². The van der Waals surface area contributed by atoms with Crippen molar-refractivity contribution < 1.29 is 14.0 Å². The highest BCUT2D eigenvalue weighted by Crippen LogP contribution is 2.25. The highest BCUT2D eigenvalue weighted by Gasteiger charge is 2.28. The average Bonchev–Trinajstić information content (AvgIpc) is 2.64. The third-order valence-corrected chi connectivity index (χ3v) is 5.15. The molecule has 25 heavy (non-hydrogen) atoms. The van der Waals surface area contributed by atoms with Crippen LogP contribution in [-0.4, -0.2) is 54.3 Å². The molecular formula is C19H26FN3O2. The quantitative estimate of drug-likeness (QED) is 0.910. The van der Waals surface area contributed by atoms with Crippen LogP contribution >= 0.6 is 0 Å². The zero-order valence-corrected chi connectivity index (χ0v) is 14.5. The van der Waals surface area contributed by atoms with Crippen LogP contribution in [0.15, 0.2) is 24.3 Å². The maximum Gasteiger partial charge on any atom is 0.238 e. The van der Waals surface area contributed by atoms with Crippen LogP contribution < -0.4 is 5.32 Å². The topological polar surface area (TPSA) is 52.7 Å². The zero-order valence-electron chi connectivity index (χ0n) is 14.5. The Morgan fingerprint density at radius 2 is 1.72 bits per heavy atom. The lowest BCUT2D eigenvalue weighted by molar-refractivity contribution is -0.138. The molecule has 0 bridgehead atoms. The molecule has 1 heterocycles. The van der Waals surface area contributed by atoms with E-state index in [1.54, 1.807) is 18.2 Å². The third-order valence-electron chi connectivity index (χ3n) is 5.15. The largest absolute Gasteiger partial charge is 0.340 e. The van der Waals surface area contributed by atoms with Crippen molar-refractivity contribution in [3.63, 3.8) is 0 Å². The highest BCUT2D eigenvalue weighted by molar-refractivity contribution is 5.92. The van der Waals surface area contributed by atoms with E-state index in [0.717, 1.165) is 25.7 Å². The molecule has 0 radical (unpaired) electrons. The van der Waals surface area contributed by atoms with E-state index in [4.69, 9.17) is 0 Å². The monoisotopic (exact) mass is 347 g/mol. The molecule has 1 aromatic rings. The van der Waals surface area contributed by atoms with E-state index in [9.17, 15) is 14.0 Å². The fourth-order valence-electron chi connectivity index (χ4n) is 3.69. The average molecular weight is 347 g/mol. The van der Waals surface area contributed by atoms with Gasteiger partial charge in [-0.25, -0.2) is 4.39 Å². The number of para-hydroxylation sites is 1. The first-order valence-corrected chi connectivity index (χ1v) is 9.19. The maximum absolute atomic E-state index is 13.6. The van der Waals surface area contributed by atoms with Gasteiger partial charge in [0.1, 0.15) is 5.82 Å². The number of piperazine rings is 1. The van der Waals surface area contributed by atoms with E-state index in [0.29, 0.717) is 26.2 Å². The van der Waals surface area contributed by atoms with Crippen molar-refractivity contribution in [1.29, 1.82) is 0 Å². The molecule has 136 valence electrons. The van der Waals surface area contributed by atoms with Crippen molar-refractivity contribution in [2.75, 3.05) is 38.0 Å². The summed E-state index contributed by atoms with van der Waals surface area (Å²) in [5.74, 6) is -0.171. The molecule has 0 spiro atoms. The van der Waals surface area contributed by atoms with Crippen molar-refractivity contribution in [1.82, 2.24) is 9.80 Å². The highest BCUT2D eigenvalue weighted by atomic mass is 19.1. The van der Waals surface area contributed by atoms with E-state index in [1.807, 2.05) is 9.80 Å². The lowest BCUT2D eigenvalue weighted by atomic mass is 9.88. The second-order valence-electron chi connectivity index (χ2n) is 6.96. The first kappa shape index (κ1) is 17.9. The van der Waals surface area contributed by atoms with Crippen LogP contribution in [0.5, 0.6) is 0 Å². The first-order chi connectivity index (χ1) is 12.1. The minimum absolute atomic E-state index is 0.199. The van der Waals surface area contributed by atoms with Crippen LogP contribution in [0.3, 0.4) is 0 Å². The molecule has 1 saturated carbocycles. The summed E-state index contributed by atoms with van der Waals surface area (Å²) < 4.78 is 13.6. The Labute approximate surface area is 148 Å². The Morgan fingerprint density at radius 1 is 1.04 bits per heavy atom. The van der Waals surface area contributed by atoms with Gasteiger partial charge in [-0.05, 0) is 25.0 Å². The number of halogens is 1. The van der Waals surface area contributed by atoms with Gasteiger partial charge in [-0.3, -0.25) is 14.5 Å². The Kier molecular flexibility index (Phi) is 6.02. The van der Waals surface area contributed by atoms with Crippen molar-refractivity contribution in [2.24, 2.45) is 5.92 Å².